The Morgan fingerprint density at radius 1 is 1.33 bits per heavy atom. The van der Waals surface area contributed by atoms with Crippen LogP contribution in [0.25, 0.3) is 6.08 Å². The second-order valence-corrected chi connectivity index (χ2v) is 5.80. The van der Waals surface area contributed by atoms with Crippen LogP contribution in [0.4, 0.5) is 0 Å². The number of amides is 1. The molecule has 0 saturated carbocycles. The van der Waals surface area contributed by atoms with E-state index < -0.39 is 11.9 Å². The van der Waals surface area contributed by atoms with Crippen LogP contribution < -0.4 is 0 Å². The van der Waals surface area contributed by atoms with E-state index in [1.165, 1.54) is 6.08 Å². The van der Waals surface area contributed by atoms with Crippen LogP contribution in [-0.4, -0.2) is 35.0 Å². The highest BCUT2D eigenvalue weighted by molar-refractivity contribution is 6.34. The third-order valence-electron chi connectivity index (χ3n) is 3.45. The highest BCUT2D eigenvalue weighted by Crippen LogP contribution is 2.22. The molecule has 0 unspecified atom stereocenters. The molecule has 0 aliphatic carbocycles. The Morgan fingerprint density at radius 2 is 2.10 bits per heavy atom. The van der Waals surface area contributed by atoms with Gasteiger partial charge in [0, 0.05) is 29.2 Å². The van der Waals surface area contributed by atoms with Crippen molar-refractivity contribution < 1.29 is 14.7 Å². The maximum absolute atomic E-state index is 12.1. The van der Waals surface area contributed by atoms with E-state index in [1.807, 2.05) is 0 Å². The van der Waals surface area contributed by atoms with Gasteiger partial charge in [-0.1, -0.05) is 23.2 Å². The fraction of sp³-hybridized carbons (Fsp3) is 0.333. The van der Waals surface area contributed by atoms with Gasteiger partial charge in [0.25, 0.3) is 0 Å². The maximum atomic E-state index is 12.1. The number of hydrogen-bond acceptors (Lipinski definition) is 2. The van der Waals surface area contributed by atoms with Crippen LogP contribution in [0.3, 0.4) is 0 Å². The molecule has 0 radical (unpaired) electrons. The quantitative estimate of drug-likeness (QED) is 0.866. The van der Waals surface area contributed by atoms with Crippen LogP contribution >= 0.6 is 23.2 Å². The minimum atomic E-state index is -0.852. The molecule has 1 aliphatic rings. The van der Waals surface area contributed by atoms with E-state index in [4.69, 9.17) is 28.3 Å². The zero-order valence-electron chi connectivity index (χ0n) is 11.3. The summed E-state index contributed by atoms with van der Waals surface area (Å²) in [6, 6.07) is 5.00. The average Bonchev–Trinajstić information content (AvgIpc) is 2.48. The molecular weight excluding hydrogens is 313 g/mol. The van der Waals surface area contributed by atoms with Crippen LogP contribution in [0.5, 0.6) is 0 Å². The molecule has 1 fully saturated rings. The van der Waals surface area contributed by atoms with E-state index in [0.717, 1.165) is 0 Å². The predicted molar refractivity (Wildman–Crippen MR) is 82.4 cm³/mol. The summed E-state index contributed by atoms with van der Waals surface area (Å²) in [5.74, 6) is -1.54. The van der Waals surface area contributed by atoms with Crippen LogP contribution in [0.2, 0.25) is 10.0 Å². The fourth-order valence-corrected chi connectivity index (χ4v) is 2.65. The van der Waals surface area contributed by atoms with Gasteiger partial charge in [-0.25, -0.2) is 0 Å². The Labute approximate surface area is 133 Å². The zero-order valence-corrected chi connectivity index (χ0v) is 12.8. The van der Waals surface area contributed by atoms with Crippen molar-refractivity contribution in [3.05, 3.63) is 39.9 Å². The van der Waals surface area contributed by atoms with Gasteiger partial charge < -0.3 is 10.0 Å². The van der Waals surface area contributed by atoms with Crippen molar-refractivity contribution in [3.8, 4) is 0 Å². The lowest BCUT2D eigenvalue weighted by atomic mass is 9.98. The Hall–Kier alpha value is -1.52. The molecule has 1 aromatic rings. The molecule has 1 atom stereocenters. The molecule has 0 aromatic heterocycles. The molecule has 1 saturated heterocycles. The molecule has 0 spiro atoms. The molecular formula is C15H15Cl2NO3. The van der Waals surface area contributed by atoms with E-state index in [1.54, 1.807) is 29.2 Å². The van der Waals surface area contributed by atoms with Gasteiger partial charge in [0.1, 0.15) is 0 Å². The van der Waals surface area contributed by atoms with Gasteiger partial charge in [0.05, 0.1) is 5.92 Å². The summed E-state index contributed by atoms with van der Waals surface area (Å²) in [6.45, 7) is 0.831. The first-order chi connectivity index (χ1) is 9.97. The Kier molecular flexibility index (Phi) is 5.26. The fourth-order valence-electron chi connectivity index (χ4n) is 2.29. The van der Waals surface area contributed by atoms with Crippen molar-refractivity contribution in [1.82, 2.24) is 4.90 Å². The van der Waals surface area contributed by atoms with E-state index in [-0.39, 0.29) is 12.5 Å². The number of benzene rings is 1. The van der Waals surface area contributed by atoms with Gasteiger partial charge in [-0.05, 0) is 42.7 Å². The smallest absolute Gasteiger partial charge is 0.308 e. The first-order valence-electron chi connectivity index (χ1n) is 6.62. The van der Waals surface area contributed by atoms with Gasteiger partial charge in [-0.15, -0.1) is 0 Å². The van der Waals surface area contributed by atoms with Crippen LogP contribution in [0.1, 0.15) is 18.4 Å². The van der Waals surface area contributed by atoms with Crippen LogP contribution in [-0.2, 0) is 9.59 Å². The van der Waals surface area contributed by atoms with Crippen molar-refractivity contribution >= 4 is 41.2 Å². The van der Waals surface area contributed by atoms with Gasteiger partial charge in [0.15, 0.2) is 0 Å². The molecule has 4 nitrogen and oxygen atoms in total. The first kappa shape index (κ1) is 15.9. The van der Waals surface area contributed by atoms with Crippen molar-refractivity contribution in [1.29, 1.82) is 0 Å². The number of carboxylic acid groups (broad SMARTS) is 1. The average molecular weight is 328 g/mol. The number of carboxylic acids is 1. The maximum Gasteiger partial charge on any atom is 0.308 e. The molecule has 1 amide bonds. The molecule has 2 rings (SSSR count). The van der Waals surface area contributed by atoms with Crippen LogP contribution in [0, 0.1) is 5.92 Å². The summed E-state index contributed by atoms with van der Waals surface area (Å²) >= 11 is 11.9. The van der Waals surface area contributed by atoms with Gasteiger partial charge in [-0.3, -0.25) is 9.59 Å². The minimum Gasteiger partial charge on any atom is -0.481 e. The predicted octanol–water partition coefficient (Wildman–Crippen LogP) is 3.33. The lowest BCUT2D eigenvalue weighted by Gasteiger charge is -2.29. The minimum absolute atomic E-state index is 0.211. The molecule has 1 aliphatic heterocycles. The van der Waals surface area contributed by atoms with Crippen molar-refractivity contribution in [3.63, 3.8) is 0 Å². The molecule has 112 valence electrons. The summed E-state index contributed by atoms with van der Waals surface area (Å²) in [5.41, 5.74) is 0.657. The normalized spacial score (nSPS) is 19.0. The number of rotatable bonds is 3. The molecule has 1 aromatic carbocycles. The second kappa shape index (κ2) is 6.96. The van der Waals surface area contributed by atoms with E-state index in [0.29, 0.717) is 35.0 Å². The van der Waals surface area contributed by atoms with Crippen molar-refractivity contribution in [2.24, 2.45) is 5.92 Å². The van der Waals surface area contributed by atoms with Crippen molar-refractivity contribution in [2.45, 2.75) is 12.8 Å². The highest BCUT2D eigenvalue weighted by Gasteiger charge is 2.27. The van der Waals surface area contributed by atoms with Gasteiger partial charge >= 0.3 is 5.97 Å². The Bertz CT molecular complexity index is 586. The number of carbonyl (C=O) groups is 2. The topological polar surface area (TPSA) is 57.6 Å². The number of halogens is 2. The van der Waals surface area contributed by atoms with E-state index in [2.05, 4.69) is 0 Å². The third-order valence-corrected chi connectivity index (χ3v) is 4.03. The molecule has 21 heavy (non-hydrogen) atoms. The molecule has 1 heterocycles. The van der Waals surface area contributed by atoms with E-state index in [9.17, 15) is 9.59 Å². The van der Waals surface area contributed by atoms with E-state index >= 15 is 0 Å². The summed E-state index contributed by atoms with van der Waals surface area (Å²) in [4.78, 5) is 24.7. The lowest BCUT2D eigenvalue weighted by molar-refractivity contribution is -0.144. The largest absolute Gasteiger partial charge is 0.481 e. The molecule has 6 heteroatoms. The summed E-state index contributed by atoms with van der Waals surface area (Å²) in [7, 11) is 0. The number of nitrogens with zero attached hydrogens (tertiary/aromatic N) is 1. The summed E-state index contributed by atoms with van der Waals surface area (Å²) < 4.78 is 0. The SMILES string of the molecule is O=C(O)[C@@H]1CCCN(C(=O)/C=C/c2cc(Cl)ccc2Cl)C1. The highest BCUT2D eigenvalue weighted by atomic mass is 35.5. The Balaban J connectivity index is 2.05. The van der Waals surface area contributed by atoms with Crippen molar-refractivity contribution in [2.75, 3.05) is 13.1 Å². The van der Waals surface area contributed by atoms with Crippen LogP contribution in [0.15, 0.2) is 24.3 Å². The summed E-state index contributed by atoms with van der Waals surface area (Å²) in [6.07, 6.45) is 4.32. The lowest BCUT2D eigenvalue weighted by Crippen LogP contribution is -2.41. The Morgan fingerprint density at radius 3 is 2.81 bits per heavy atom. The number of aliphatic carboxylic acids is 1. The zero-order chi connectivity index (χ0) is 15.4. The standard InChI is InChI=1S/C15H15Cl2NO3/c16-12-4-5-13(17)10(8-12)3-6-14(19)18-7-1-2-11(9-18)15(20)21/h3-6,8,11H,1-2,7,9H2,(H,20,21)/b6-3+/t11-/m1/s1. The summed E-state index contributed by atoms with van der Waals surface area (Å²) in [5, 5.41) is 10.1. The van der Waals surface area contributed by atoms with Gasteiger partial charge in [0.2, 0.25) is 5.91 Å². The third kappa shape index (κ3) is 4.22. The number of hydrogen-bond donors (Lipinski definition) is 1. The first-order valence-corrected chi connectivity index (χ1v) is 7.38. The number of carbonyl (C=O) groups excluding carboxylic acids is 1. The second-order valence-electron chi connectivity index (χ2n) is 4.96. The number of piperidine rings is 1. The monoisotopic (exact) mass is 327 g/mol. The molecule has 1 N–H and O–H groups in total. The van der Waals surface area contributed by atoms with Gasteiger partial charge in [-0.2, -0.15) is 0 Å². The molecule has 0 bridgehead atoms. The number of likely N-dealkylation sites (tertiary alicyclic amines) is 1.